The lowest BCUT2D eigenvalue weighted by Gasteiger charge is -2.28. The van der Waals surface area contributed by atoms with E-state index in [0.717, 1.165) is 29.5 Å². The van der Waals surface area contributed by atoms with Gasteiger partial charge in [-0.1, -0.05) is 90.5 Å². The molecule has 1 atom stereocenters. The van der Waals surface area contributed by atoms with Gasteiger partial charge in [0.05, 0.1) is 18.3 Å². The van der Waals surface area contributed by atoms with Gasteiger partial charge in [-0.25, -0.2) is 4.79 Å². The van der Waals surface area contributed by atoms with Crippen LogP contribution in [0.5, 0.6) is 0 Å². The summed E-state index contributed by atoms with van der Waals surface area (Å²) in [4.78, 5) is 24.6. The summed E-state index contributed by atoms with van der Waals surface area (Å²) in [6.45, 7) is 2.23. The molecule has 4 aromatic rings. The number of rotatable bonds is 17. The van der Waals surface area contributed by atoms with E-state index < -0.39 is 11.9 Å². The Morgan fingerprint density at radius 1 is 0.744 bits per heavy atom. The lowest BCUT2D eigenvalue weighted by Crippen LogP contribution is -2.30. The Hall–Kier alpha value is -3.97. The molecule has 0 aliphatic heterocycles. The van der Waals surface area contributed by atoms with Crippen LogP contribution in [0.25, 0.3) is 0 Å². The molecule has 0 saturated carbocycles. The van der Waals surface area contributed by atoms with Gasteiger partial charge in [-0.05, 0) is 84.3 Å². The highest BCUT2D eigenvalue weighted by Gasteiger charge is 2.19. The Morgan fingerprint density at radius 2 is 1.40 bits per heavy atom. The smallest absolute Gasteiger partial charge is 0.335 e. The molecule has 0 unspecified atom stereocenters. The normalized spacial score (nSPS) is 11.9. The number of ether oxygens (including phenoxy) is 1. The number of unbranched alkanes of at least 4 members (excludes halogenated alkanes) is 1. The number of aliphatic carboxylic acids is 1. The van der Waals surface area contributed by atoms with Crippen molar-refractivity contribution in [3.63, 3.8) is 0 Å². The van der Waals surface area contributed by atoms with E-state index in [0.29, 0.717) is 44.1 Å². The topological polar surface area (TPSA) is 87.1 Å². The Bertz CT molecular complexity index is 1440. The molecular weight excluding hydrogens is 562 g/mol. The van der Waals surface area contributed by atoms with Crippen LogP contribution in [0.3, 0.4) is 0 Å². The first kappa shape index (κ1) is 32.0. The lowest BCUT2D eigenvalue weighted by atomic mass is 10.0. The summed E-state index contributed by atoms with van der Waals surface area (Å²) in [7, 11) is 0. The monoisotopic (exact) mass is 599 g/mol. The minimum absolute atomic E-state index is 0.122. The largest absolute Gasteiger partial charge is 0.481 e. The summed E-state index contributed by atoms with van der Waals surface area (Å²) in [5.41, 5.74) is 5.85. The number of hydrogen-bond acceptors (Lipinski definition) is 4. The number of nitrogens with zero attached hydrogens (tertiary/aromatic N) is 1. The van der Waals surface area contributed by atoms with Crippen LogP contribution in [0.1, 0.15) is 63.5 Å². The van der Waals surface area contributed by atoms with Crippen LogP contribution in [0.2, 0.25) is 5.02 Å². The fraction of sp³-hybridized carbons (Fsp3) is 0.278. The van der Waals surface area contributed by atoms with E-state index in [-0.39, 0.29) is 18.1 Å². The fourth-order valence-corrected chi connectivity index (χ4v) is 5.18. The predicted octanol–water partition coefficient (Wildman–Crippen LogP) is 7.84. The third kappa shape index (κ3) is 11.0. The van der Waals surface area contributed by atoms with Gasteiger partial charge in [0, 0.05) is 24.5 Å². The quantitative estimate of drug-likeness (QED) is 0.120. The summed E-state index contributed by atoms with van der Waals surface area (Å²) >= 11 is 6.36. The fourth-order valence-electron chi connectivity index (χ4n) is 4.99. The number of carbonyl (C=O) groups is 2. The highest BCUT2D eigenvalue weighted by Crippen LogP contribution is 2.25. The Morgan fingerprint density at radius 3 is 2.05 bits per heavy atom. The van der Waals surface area contributed by atoms with Crippen molar-refractivity contribution in [2.24, 2.45) is 0 Å². The van der Waals surface area contributed by atoms with Gasteiger partial charge in [0.25, 0.3) is 0 Å². The average Bonchev–Trinajstić information content (AvgIpc) is 3.01. The summed E-state index contributed by atoms with van der Waals surface area (Å²) in [6, 6.07) is 33.6. The van der Waals surface area contributed by atoms with Gasteiger partial charge in [0.1, 0.15) is 0 Å². The molecule has 224 valence electrons. The van der Waals surface area contributed by atoms with Crippen LogP contribution >= 0.6 is 11.6 Å². The zero-order valence-electron chi connectivity index (χ0n) is 24.2. The zero-order chi connectivity index (χ0) is 30.4. The van der Waals surface area contributed by atoms with Gasteiger partial charge >= 0.3 is 11.9 Å². The van der Waals surface area contributed by atoms with Crippen LogP contribution in [-0.2, 0) is 35.5 Å². The van der Waals surface area contributed by atoms with Crippen LogP contribution in [0.15, 0.2) is 103 Å². The molecule has 4 rings (SSSR count). The molecule has 7 heteroatoms. The van der Waals surface area contributed by atoms with Crippen LogP contribution in [0, 0.1) is 0 Å². The number of halogens is 1. The van der Waals surface area contributed by atoms with Gasteiger partial charge in [0.2, 0.25) is 0 Å². The van der Waals surface area contributed by atoms with E-state index >= 15 is 0 Å². The standard InChI is InChI=1S/C36H38ClNO5/c37-33-10-6-9-32(23-33)34(43-26-30-16-14-28(15-17-30)13-12-27-7-2-1-3-8-27)25-38(22-5-4-11-35(39)40)24-29-18-20-31(21-19-29)36(41)42/h1-3,6-10,14-21,23,34H,4-5,11-13,22,24-26H2,(H,39,40)(H,41,42)/t34-/m0/s1. The third-order valence-corrected chi connectivity index (χ3v) is 7.62. The second kappa shape index (κ2) is 16.6. The number of carboxylic acids is 2. The molecule has 0 heterocycles. The van der Waals surface area contributed by atoms with Crippen molar-refractivity contribution in [1.29, 1.82) is 0 Å². The van der Waals surface area contributed by atoms with Crippen molar-refractivity contribution in [3.05, 3.63) is 142 Å². The molecule has 0 radical (unpaired) electrons. The number of carboxylic acid groups (broad SMARTS) is 2. The summed E-state index contributed by atoms with van der Waals surface area (Å²) in [6.07, 6.45) is 3.09. The van der Waals surface area contributed by atoms with Gasteiger partial charge in [-0.2, -0.15) is 0 Å². The number of aryl methyl sites for hydroxylation is 2. The summed E-state index contributed by atoms with van der Waals surface area (Å²) in [5, 5.41) is 19.0. The van der Waals surface area contributed by atoms with Crippen molar-refractivity contribution in [3.8, 4) is 0 Å². The highest BCUT2D eigenvalue weighted by molar-refractivity contribution is 6.30. The molecule has 0 aliphatic rings. The van der Waals surface area contributed by atoms with Crippen molar-refractivity contribution >= 4 is 23.5 Å². The molecule has 6 nitrogen and oxygen atoms in total. The van der Waals surface area contributed by atoms with E-state index in [9.17, 15) is 14.7 Å². The summed E-state index contributed by atoms with van der Waals surface area (Å²) < 4.78 is 6.53. The van der Waals surface area contributed by atoms with Gasteiger partial charge < -0.3 is 14.9 Å². The van der Waals surface area contributed by atoms with Crippen LogP contribution in [0.4, 0.5) is 0 Å². The lowest BCUT2D eigenvalue weighted by molar-refractivity contribution is -0.137. The zero-order valence-corrected chi connectivity index (χ0v) is 25.0. The van der Waals surface area contributed by atoms with Crippen molar-refractivity contribution < 1.29 is 24.5 Å². The second-order valence-corrected chi connectivity index (χ2v) is 11.2. The van der Waals surface area contributed by atoms with E-state index in [1.807, 2.05) is 42.5 Å². The Balaban J connectivity index is 1.45. The molecule has 4 aromatic carbocycles. The Labute approximate surface area is 258 Å². The van der Waals surface area contributed by atoms with E-state index in [1.165, 1.54) is 11.1 Å². The molecule has 0 bridgehead atoms. The highest BCUT2D eigenvalue weighted by atomic mass is 35.5. The molecule has 0 fully saturated rings. The minimum atomic E-state index is -0.962. The predicted molar refractivity (Wildman–Crippen MR) is 169 cm³/mol. The first-order chi connectivity index (χ1) is 20.9. The van der Waals surface area contributed by atoms with Crippen LogP contribution in [-0.4, -0.2) is 40.1 Å². The molecule has 2 N–H and O–H groups in total. The molecule has 0 saturated heterocycles. The summed E-state index contributed by atoms with van der Waals surface area (Å²) in [5.74, 6) is -1.77. The molecular formula is C36H38ClNO5. The van der Waals surface area contributed by atoms with Gasteiger partial charge in [-0.3, -0.25) is 9.69 Å². The molecule has 0 aromatic heterocycles. The Kier molecular flexibility index (Phi) is 12.3. The molecule has 43 heavy (non-hydrogen) atoms. The first-order valence-electron chi connectivity index (χ1n) is 14.6. The second-order valence-electron chi connectivity index (χ2n) is 10.7. The average molecular weight is 600 g/mol. The van der Waals surface area contributed by atoms with E-state index in [2.05, 4.69) is 53.4 Å². The van der Waals surface area contributed by atoms with Crippen LogP contribution < -0.4 is 0 Å². The SMILES string of the molecule is O=C(O)CCCCN(Cc1ccc(C(=O)O)cc1)C[C@H](OCc1ccc(CCc2ccccc2)cc1)c1cccc(Cl)c1. The number of benzene rings is 4. The minimum Gasteiger partial charge on any atom is -0.481 e. The number of hydrogen-bond donors (Lipinski definition) is 2. The first-order valence-corrected chi connectivity index (χ1v) is 15.0. The van der Waals surface area contributed by atoms with E-state index in [1.54, 1.807) is 12.1 Å². The number of aromatic carboxylic acids is 1. The maximum Gasteiger partial charge on any atom is 0.335 e. The third-order valence-electron chi connectivity index (χ3n) is 7.39. The molecule has 0 spiro atoms. The van der Waals surface area contributed by atoms with E-state index in [4.69, 9.17) is 21.4 Å². The van der Waals surface area contributed by atoms with Gasteiger partial charge in [-0.15, -0.1) is 0 Å². The molecule has 0 amide bonds. The molecule has 0 aliphatic carbocycles. The van der Waals surface area contributed by atoms with Crippen molar-refractivity contribution in [2.45, 2.75) is 51.4 Å². The van der Waals surface area contributed by atoms with Crippen molar-refractivity contribution in [2.75, 3.05) is 13.1 Å². The maximum atomic E-state index is 11.3. The maximum absolute atomic E-state index is 11.3. The van der Waals surface area contributed by atoms with Gasteiger partial charge in [0.15, 0.2) is 0 Å². The van der Waals surface area contributed by atoms with Crippen molar-refractivity contribution in [1.82, 2.24) is 4.90 Å².